The smallest absolute Gasteiger partial charge is 0.193 e. The van der Waals surface area contributed by atoms with Gasteiger partial charge >= 0.3 is 0 Å². The fraction of sp³-hybridized carbons (Fsp3) is 0.273. The monoisotopic (exact) mass is 273 g/mol. The maximum Gasteiger partial charge on any atom is 0.193 e. The van der Waals surface area contributed by atoms with E-state index in [1.807, 2.05) is 0 Å². The van der Waals surface area contributed by atoms with Crippen LogP contribution in [0.1, 0.15) is 16.8 Å². The highest BCUT2D eigenvalue weighted by atomic mass is 35.5. The summed E-state index contributed by atoms with van der Waals surface area (Å²) in [6, 6.07) is 3.32. The molecule has 0 saturated carbocycles. The van der Waals surface area contributed by atoms with Crippen molar-refractivity contribution in [1.82, 2.24) is 4.98 Å². The van der Waals surface area contributed by atoms with Crippen molar-refractivity contribution in [3.63, 3.8) is 0 Å². The molecule has 0 unspecified atom stereocenters. The number of hydrogen-bond acceptors (Lipinski definition) is 4. The topological polar surface area (TPSA) is 59.4 Å². The zero-order chi connectivity index (χ0) is 12.4. The first-order valence-electron chi connectivity index (χ1n) is 4.91. The van der Waals surface area contributed by atoms with E-state index in [-0.39, 0.29) is 22.3 Å². The van der Waals surface area contributed by atoms with Crippen LogP contribution in [-0.2, 0) is 4.74 Å². The number of aliphatic hydroxyl groups excluding tert-OH is 1. The standard InChI is InChI=1S/C11H9Cl2NO3/c12-9-8(17-11(16)10(9)13)4-7(15)6-2-1-3-14-5-6/h1-3,5,8,11,16H,4H2/t8-,11-/m0/s1. The van der Waals surface area contributed by atoms with E-state index in [4.69, 9.17) is 27.9 Å². The molecule has 2 heterocycles. The van der Waals surface area contributed by atoms with Gasteiger partial charge in [-0.3, -0.25) is 9.78 Å². The maximum atomic E-state index is 11.8. The van der Waals surface area contributed by atoms with Gasteiger partial charge in [0.25, 0.3) is 0 Å². The summed E-state index contributed by atoms with van der Waals surface area (Å²) in [4.78, 5) is 15.7. The molecule has 6 heteroatoms. The van der Waals surface area contributed by atoms with Crippen molar-refractivity contribution in [2.24, 2.45) is 0 Å². The predicted molar refractivity (Wildman–Crippen MR) is 62.8 cm³/mol. The molecular formula is C11H9Cl2NO3. The van der Waals surface area contributed by atoms with Crippen LogP contribution in [-0.4, -0.2) is 28.3 Å². The van der Waals surface area contributed by atoms with E-state index in [9.17, 15) is 9.90 Å². The molecule has 2 atom stereocenters. The molecular weight excluding hydrogens is 265 g/mol. The van der Waals surface area contributed by atoms with Crippen molar-refractivity contribution in [3.8, 4) is 0 Å². The number of carbonyl (C=O) groups is 1. The largest absolute Gasteiger partial charge is 0.363 e. The second kappa shape index (κ2) is 5.14. The van der Waals surface area contributed by atoms with Crippen LogP contribution >= 0.6 is 23.2 Å². The summed E-state index contributed by atoms with van der Waals surface area (Å²) < 4.78 is 5.05. The fourth-order valence-electron chi connectivity index (χ4n) is 1.50. The van der Waals surface area contributed by atoms with Gasteiger partial charge in [0, 0.05) is 24.4 Å². The summed E-state index contributed by atoms with van der Waals surface area (Å²) in [5.74, 6) is -0.167. The first-order chi connectivity index (χ1) is 8.09. The number of halogens is 2. The van der Waals surface area contributed by atoms with Gasteiger partial charge in [-0.25, -0.2) is 0 Å². The summed E-state index contributed by atoms with van der Waals surface area (Å²) in [6.45, 7) is 0. The highest BCUT2D eigenvalue weighted by Gasteiger charge is 2.33. The summed E-state index contributed by atoms with van der Waals surface area (Å²) in [6.07, 6.45) is 1.14. The van der Waals surface area contributed by atoms with Crippen LogP contribution in [0.4, 0.5) is 0 Å². The Hall–Kier alpha value is -0.940. The van der Waals surface area contributed by atoms with Gasteiger partial charge in [-0.05, 0) is 12.1 Å². The Morgan fingerprint density at radius 1 is 1.47 bits per heavy atom. The van der Waals surface area contributed by atoms with Crippen molar-refractivity contribution in [2.75, 3.05) is 0 Å². The van der Waals surface area contributed by atoms with E-state index in [0.29, 0.717) is 5.56 Å². The second-order valence-corrected chi connectivity index (χ2v) is 4.36. The molecule has 0 aliphatic carbocycles. The molecule has 0 spiro atoms. The van der Waals surface area contributed by atoms with Crippen LogP contribution in [0.25, 0.3) is 0 Å². The minimum Gasteiger partial charge on any atom is -0.363 e. The molecule has 0 saturated heterocycles. The highest BCUT2D eigenvalue weighted by Crippen LogP contribution is 2.33. The quantitative estimate of drug-likeness (QED) is 0.857. The Kier molecular flexibility index (Phi) is 3.79. The average molecular weight is 274 g/mol. The summed E-state index contributed by atoms with van der Waals surface area (Å²) in [5, 5.41) is 9.52. The van der Waals surface area contributed by atoms with Crippen molar-refractivity contribution in [1.29, 1.82) is 0 Å². The zero-order valence-corrected chi connectivity index (χ0v) is 10.1. The molecule has 1 N–H and O–H groups in total. The Morgan fingerprint density at radius 3 is 2.76 bits per heavy atom. The number of Topliss-reactive ketones (excluding diaryl/α,β-unsaturated/α-hetero) is 1. The zero-order valence-electron chi connectivity index (χ0n) is 8.64. The van der Waals surface area contributed by atoms with Gasteiger partial charge in [-0.1, -0.05) is 23.2 Å². The number of nitrogens with zero attached hydrogens (tertiary/aromatic N) is 1. The lowest BCUT2D eigenvalue weighted by Gasteiger charge is -2.10. The summed E-state index contributed by atoms with van der Waals surface area (Å²) in [7, 11) is 0. The maximum absolute atomic E-state index is 11.8. The van der Waals surface area contributed by atoms with E-state index in [0.717, 1.165) is 0 Å². The van der Waals surface area contributed by atoms with Crippen molar-refractivity contribution < 1.29 is 14.6 Å². The van der Waals surface area contributed by atoms with Crippen molar-refractivity contribution in [2.45, 2.75) is 18.8 Å². The van der Waals surface area contributed by atoms with E-state index >= 15 is 0 Å². The highest BCUT2D eigenvalue weighted by molar-refractivity contribution is 6.40. The minimum absolute atomic E-state index is 0.0256. The fourth-order valence-corrected chi connectivity index (χ4v) is 1.89. The number of ketones is 1. The number of pyridine rings is 1. The summed E-state index contributed by atoms with van der Waals surface area (Å²) >= 11 is 11.5. The van der Waals surface area contributed by atoms with Crippen LogP contribution in [0.5, 0.6) is 0 Å². The predicted octanol–water partition coefficient (Wildman–Crippen LogP) is 2.06. The third-order valence-electron chi connectivity index (χ3n) is 2.38. The Balaban J connectivity index is 2.07. The average Bonchev–Trinajstić information content (AvgIpc) is 2.58. The van der Waals surface area contributed by atoms with Gasteiger partial charge < -0.3 is 9.84 Å². The van der Waals surface area contributed by atoms with Gasteiger partial charge in [0.2, 0.25) is 0 Å². The third-order valence-corrected chi connectivity index (χ3v) is 3.31. The Morgan fingerprint density at radius 2 is 2.24 bits per heavy atom. The Bertz CT molecular complexity index is 461. The normalized spacial score (nSPS) is 24.2. The third kappa shape index (κ3) is 2.66. The van der Waals surface area contributed by atoms with Crippen LogP contribution in [0.2, 0.25) is 0 Å². The number of hydrogen-bond donors (Lipinski definition) is 1. The lowest BCUT2D eigenvalue weighted by atomic mass is 10.1. The molecule has 1 aliphatic heterocycles. The van der Waals surface area contributed by atoms with Gasteiger partial charge in [0.15, 0.2) is 12.1 Å². The second-order valence-electron chi connectivity index (χ2n) is 3.54. The van der Waals surface area contributed by atoms with E-state index in [2.05, 4.69) is 4.98 Å². The molecule has 4 nitrogen and oxygen atoms in total. The number of carbonyl (C=O) groups excluding carboxylic acids is 1. The molecule has 0 bridgehead atoms. The number of aromatic nitrogens is 1. The van der Waals surface area contributed by atoms with Gasteiger partial charge in [-0.2, -0.15) is 0 Å². The molecule has 0 radical (unpaired) electrons. The first-order valence-corrected chi connectivity index (χ1v) is 5.67. The van der Waals surface area contributed by atoms with Crippen molar-refractivity contribution in [3.05, 3.63) is 40.2 Å². The minimum atomic E-state index is -1.24. The van der Waals surface area contributed by atoms with E-state index in [1.54, 1.807) is 18.3 Å². The van der Waals surface area contributed by atoms with Gasteiger partial charge in [0.05, 0.1) is 10.1 Å². The van der Waals surface area contributed by atoms with Gasteiger partial charge in [0.1, 0.15) is 6.10 Å². The van der Waals surface area contributed by atoms with Gasteiger partial charge in [-0.15, -0.1) is 0 Å². The number of ether oxygens (including phenoxy) is 1. The molecule has 1 aromatic heterocycles. The van der Waals surface area contributed by atoms with Crippen LogP contribution < -0.4 is 0 Å². The first kappa shape index (κ1) is 12.5. The summed E-state index contributed by atoms with van der Waals surface area (Å²) in [5.41, 5.74) is 0.470. The number of rotatable bonds is 3. The van der Waals surface area contributed by atoms with Crippen molar-refractivity contribution >= 4 is 29.0 Å². The van der Waals surface area contributed by atoms with Crippen LogP contribution in [0.3, 0.4) is 0 Å². The number of aliphatic hydroxyl groups is 1. The Labute approximate surface area is 108 Å². The lowest BCUT2D eigenvalue weighted by Crippen LogP contribution is -2.17. The van der Waals surface area contributed by atoms with Crippen LogP contribution in [0.15, 0.2) is 34.6 Å². The molecule has 17 heavy (non-hydrogen) atoms. The van der Waals surface area contributed by atoms with E-state index < -0.39 is 12.4 Å². The molecule has 90 valence electrons. The molecule has 1 aromatic rings. The molecule has 1 aliphatic rings. The molecule has 0 amide bonds. The molecule has 0 fully saturated rings. The van der Waals surface area contributed by atoms with Crippen LogP contribution in [0, 0.1) is 0 Å². The molecule has 2 rings (SSSR count). The lowest BCUT2D eigenvalue weighted by molar-refractivity contribution is -0.0755. The molecule has 0 aromatic carbocycles. The SMILES string of the molecule is O=C(C[C@@H]1O[C@H](O)C(Cl)=C1Cl)c1cccnc1. The van der Waals surface area contributed by atoms with E-state index in [1.165, 1.54) is 6.20 Å².